The van der Waals surface area contributed by atoms with Crippen LogP contribution in [0.3, 0.4) is 0 Å². The molecule has 1 aromatic carbocycles. The number of halogens is 1. The maximum Gasteiger partial charge on any atom is 0.306 e. The number of amides is 2. The molecule has 0 bridgehead atoms. The quantitative estimate of drug-likeness (QED) is 0.760. The molecular formula is C19H24FN3O4. The van der Waals surface area contributed by atoms with Gasteiger partial charge in [-0.05, 0) is 37.5 Å². The molecule has 0 aromatic heterocycles. The van der Waals surface area contributed by atoms with Crippen molar-refractivity contribution in [3.63, 3.8) is 0 Å². The third kappa shape index (κ3) is 4.37. The Balaban J connectivity index is 1.68. The first kappa shape index (κ1) is 19.1. The highest BCUT2D eigenvalue weighted by Gasteiger charge is 2.37. The first-order valence-corrected chi connectivity index (χ1v) is 9.10. The number of anilines is 2. The number of carbonyl (C=O) groups is 3. The van der Waals surface area contributed by atoms with E-state index < -0.39 is 24.1 Å². The molecule has 27 heavy (non-hydrogen) atoms. The number of carboxylic acids is 1. The second-order valence-corrected chi connectivity index (χ2v) is 7.31. The molecule has 2 N–H and O–H groups in total. The van der Waals surface area contributed by atoms with Crippen LogP contribution >= 0.6 is 0 Å². The van der Waals surface area contributed by atoms with Gasteiger partial charge in [0, 0.05) is 37.9 Å². The highest BCUT2D eigenvalue weighted by Crippen LogP contribution is 2.33. The summed E-state index contributed by atoms with van der Waals surface area (Å²) < 4.78 is 14.5. The Morgan fingerprint density at radius 1 is 1.37 bits per heavy atom. The van der Waals surface area contributed by atoms with Crippen LogP contribution in [0.15, 0.2) is 24.3 Å². The summed E-state index contributed by atoms with van der Waals surface area (Å²) in [6, 6.07) is 7.22. The molecule has 146 valence electrons. The van der Waals surface area contributed by atoms with Crippen molar-refractivity contribution >= 4 is 29.2 Å². The fourth-order valence-corrected chi connectivity index (χ4v) is 3.75. The fourth-order valence-electron chi connectivity index (χ4n) is 3.75. The smallest absolute Gasteiger partial charge is 0.306 e. The van der Waals surface area contributed by atoms with Crippen LogP contribution in [0, 0.1) is 0 Å². The van der Waals surface area contributed by atoms with Crippen LogP contribution in [0.5, 0.6) is 0 Å². The Hall–Kier alpha value is -2.64. The molecule has 2 amide bonds. The Bertz CT molecular complexity index is 746. The number of alkyl halides is 1. The molecule has 2 fully saturated rings. The van der Waals surface area contributed by atoms with Crippen molar-refractivity contribution in [3.8, 4) is 0 Å². The van der Waals surface area contributed by atoms with Crippen molar-refractivity contribution in [2.45, 2.75) is 43.8 Å². The zero-order valence-electron chi connectivity index (χ0n) is 15.3. The molecule has 3 rings (SSSR count). The van der Waals surface area contributed by atoms with Gasteiger partial charge >= 0.3 is 5.97 Å². The van der Waals surface area contributed by atoms with Crippen LogP contribution in [0.1, 0.15) is 32.1 Å². The van der Waals surface area contributed by atoms with E-state index >= 15 is 0 Å². The van der Waals surface area contributed by atoms with Crippen molar-refractivity contribution in [1.82, 2.24) is 5.32 Å². The van der Waals surface area contributed by atoms with Crippen molar-refractivity contribution in [2.75, 3.05) is 29.9 Å². The SMILES string of the molecule is CN(c1cccc(N2CCC(F)(CC(=O)O)CC2)c1)C1CCC(=O)NC1=O. The van der Waals surface area contributed by atoms with Gasteiger partial charge in [-0.15, -0.1) is 0 Å². The second-order valence-electron chi connectivity index (χ2n) is 7.31. The molecule has 1 unspecified atom stereocenters. The Kier molecular flexibility index (Phi) is 5.34. The van der Waals surface area contributed by atoms with Gasteiger partial charge in [-0.3, -0.25) is 19.7 Å². The van der Waals surface area contributed by atoms with Gasteiger partial charge in [0.15, 0.2) is 0 Å². The Morgan fingerprint density at radius 2 is 2.07 bits per heavy atom. The van der Waals surface area contributed by atoms with E-state index in [0.29, 0.717) is 25.9 Å². The van der Waals surface area contributed by atoms with Crippen LogP contribution in [0.2, 0.25) is 0 Å². The van der Waals surface area contributed by atoms with Crippen LogP contribution in [-0.2, 0) is 14.4 Å². The highest BCUT2D eigenvalue weighted by molar-refractivity contribution is 6.01. The fraction of sp³-hybridized carbons (Fsp3) is 0.526. The van der Waals surface area contributed by atoms with Crippen LogP contribution in [-0.4, -0.2) is 54.7 Å². The minimum atomic E-state index is -1.65. The minimum absolute atomic E-state index is 0.173. The number of piperidine rings is 2. The lowest BCUT2D eigenvalue weighted by molar-refractivity contribution is -0.140. The molecule has 0 radical (unpaired) electrons. The summed E-state index contributed by atoms with van der Waals surface area (Å²) >= 11 is 0. The van der Waals surface area contributed by atoms with Crippen LogP contribution < -0.4 is 15.1 Å². The molecule has 0 aliphatic carbocycles. The number of nitrogens with zero attached hydrogens (tertiary/aromatic N) is 2. The summed E-state index contributed by atoms with van der Waals surface area (Å²) in [5, 5.41) is 11.2. The molecule has 2 aliphatic rings. The van der Waals surface area contributed by atoms with Gasteiger partial charge in [-0.2, -0.15) is 0 Å². The summed E-state index contributed by atoms with van der Waals surface area (Å²) in [4.78, 5) is 38.1. The zero-order chi connectivity index (χ0) is 19.6. The average molecular weight is 377 g/mol. The zero-order valence-corrected chi connectivity index (χ0v) is 15.3. The van der Waals surface area contributed by atoms with Crippen LogP contribution in [0.4, 0.5) is 15.8 Å². The minimum Gasteiger partial charge on any atom is -0.481 e. The number of nitrogens with one attached hydrogen (secondary N) is 1. The number of hydrogen-bond acceptors (Lipinski definition) is 5. The maximum atomic E-state index is 14.5. The van der Waals surface area contributed by atoms with E-state index in [-0.39, 0.29) is 24.7 Å². The predicted molar refractivity (Wildman–Crippen MR) is 98.6 cm³/mol. The molecule has 1 aromatic rings. The first-order chi connectivity index (χ1) is 12.8. The number of carbonyl (C=O) groups excluding carboxylic acids is 2. The summed E-state index contributed by atoms with van der Waals surface area (Å²) in [5.41, 5.74) is 0.0948. The molecule has 2 heterocycles. The number of likely N-dealkylation sites (N-methyl/N-ethyl adjacent to an activating group) is 1. The van der Waals surface area contributed by atoms with E-state index in [0.717, 1.165) is 11.4 Å². The lowest BCUT2D eigenvalue weighted by atomic mass is 9.90. The predicted octanol–water partition coefficient (Wildman–Crippen LogP) is 1.71. The van der Waals surface area contributed by atoms with Gasteiger partial charge in [-0.25, -0.2) is 4.39 Å². The highest BCUT2D eigenvalue weighted by atomic mass is 19.1. The van der Waals surface area contributed by atoms with Crippen LogP contribution in [0.25, 0.3) is 0 Å². The molecule has 2 aliphatic heterocycles. The molecule has 7 nitrogen and oxygen atoms in total. The standard InChI is InChI=1S/C19H24FN3O4/c1-22(15-5-6-16(24)21-18(15)27)13-3-2-4-14(11-13)23-9-7-19(20,8-10-23)12-17(25)26/h2-4,11,15H,5-10,12H2,1H3,(H,25,26)(H,21,24,27). The summed E-state index contributed by atoms with van der Waals surface area (Å²) in [6.45, 7) is 0.880. The molecule has 2 saturated heterocycles. The number of rotatable bonds is 5. The molecule has 8 heteroatoms. The van der Waals surface area contributed by atoms with Gasteiger partial charge in [0.05, 0.1) is 6.42 Å². The monoisotopic (exact) mass is 377 g/mol. The van der Waals surface area contributed by atoms with Gasteiger partial charge in [0.25, 0.3) is 0 Å². The van der Waals surface area contributed by atoms with Crippen molar-refractivity contribution < 1.29 is 23.9 Å². The number of benzene rings is 1. The third-order valence-corrected chi connectivity index (χ3v) is 5.41. The van der Waals surface area contributed by atoms with E-state index in [4.69, 9.17) is 5.11 Å². The topological polar surface area (TPSA) is 89.9 Å². The van der Waals surface area contributed by atoms with Gasteiger partial charge < -0.3 is 14.9 Å². The number of aliphatic carboxylic acids is 1. The summed E-state index contributed by atoms with van der Waals surface area (Å²) in [7, 11) is 1.81. The molecular weight excluding hydrogens is 353 g/mol. The lowest BCUT2D eigenvalue weighted by Gasteiger charge is -2.37. The number of imide groups is 1. The second kappa shape index (κ2) is 7.54. The number of carboxylic acid groups (broad SMARTS) is 1. The van der Waals surface area contributed by atoms with Gasteiger partial charge in [-0.1, -0.05) is 6.07 Å². The van der Waals surface area contributed by atoms with Crippen molar-refractivity contribution in [3.05, 3.63) is 24.3 Å². The molecule has 1 atom stereocenters. The Morgan fingerprint density at radius 3 is 2.70 bits per heavy atom. The molecule has 0 spiro atoms. The number of hydrogen-bond donors (Lipinski definition) is 2. The maximum absolute atomic E-state index is 14.5. The van der Waals surface area contributed by atoms with Crippen molar-refractivity contribution in [1.29, 1.82) is 0 Å². The third-order valence-electron chi connectivity index (χ3n) is 5.41. The molecule has 0 saturated carbocycles. The van der Waals surface area contributed by atoms with Gasteiger partial charge in [0.2, 0.25) is 11.8 Å². The van der Waals surface area contributed by atoms with Gasteiger partial charge in [0.1, 0.15) is 11.7 Å². The lowest BCUT2D eigenvalue weighted by Crippen LogP contribution is -2.51. The Labute approximate surface area is 157 Å². The van der Waals surface area contributed by atoms with E-state index in [9.17, 15) is 18.8 Å². The largest absolute Gasteiger partial charge is 0.481 e. The summed E-state index contributed by atoms with van der Waals surface area (Å²) in [6.07, 6.45) is 0.668. The summed E-state index contributed by atoms with van der Waals surface area (Å²) in [5.74, 6) is -1.66. The van der Waals surface area contributed by atoms with E-state index in [2.05, 4.69) is 5.32 Å². The van der Waals surface area contributed by atoms with E-state index in [1.165, 1.54) is 0 Å². The van der Waals surface area contributed by atoms with E-state index in [1.807, 2.05) is 41.1 Å². The first-order valence-electron chi connectivity index (χ1n) is 9.10. The van der Waals surface area contributed by atoms with E-state index in [1.54, 1.807) is 0 Å². The van der Waals surface area contributed by atoms with Crippen molar-refractivity contribution in [2.24, 2.45) is 0 Å². The normalized spacial score (nSPS) is 22.3. The average Bonchev–Trinajstić information content (AvgIpc) is 2.61.